The molecule has 10 nitrogen and oxygen atoms in total. The second kappa shape index (κ2) is 9.03. The normalized spacial score (nSPS) is 14.4. The molecule has 1 saturated heterocycles. The summed E-state index contributed by atoms with van der Waals surface area (Å²) < 4.78 is 3.48. The summed E-state index contributed by atoms with van der Waals surface area (Å²) in [4.78, 5) is 27.9. The molecule has 4 aromatic heterocycles. The Morgan fingerprint density at radius 1 is 1.03 bits per heavy atom. The molecule has 4 aromatic rings. The Hall–Kier alpha value is -3.50. The fourth-order valence-electron chi connectivity index (χ4n) is 4.14. The smallest absolute Gasteiger partial charge is 0.236 e. The Bertz CT molecular complexity index is 1320. The molecule has 0 radical (unpaired) electrons. The second-order valence-corrected chi connectivity index (χ2v) is 9.08. The lowest BCUT2D eigenvalue weighted by Crippen LogP contribution is -2.50. The number of anilines is 1. The average Bonchev–Trinajstić information content (AvgIpc) is 3.44. The first-order valence-corrected chi connectivity index (χ1v) is 11.4. The minimum Gasteiger partial charge on any atom is -0.353 e. The molecule has 1 aliphatic heterocycles. The molecule has 1 amide bonds. The molecule has 1 fully saturated rings. The Morgan fingerprint density at radius 3 is 2.47 bits per heavy atom. The zero-order valence-electron chi connectivity index (χ0n) is 19.4. The van der Waals surface area contributed by atoms with Crippen LogP contribution >= 0.6 is 11.6 Å². The molecule has 0 spiro atoms. The van der Waals surface area contributed by atoms with Gasteiger partial charge in [0.25, 0.3) is 0 Å². The van der Waals surface area contributed by atoms with Gasteiger partial charge in [-0.3, -0.25) is 9.48 Å². The molecular formula is C23H26ClN9O. The number of likely N-dealkylation sites (N-methyl/N-ethyl adjacent to an activating group) is 1. The standard InChI is InChI=1S/C23H26ClN9O/c1-29(2)15-21(34)32-8-6-31(7-9-32)20-5-4-16(10-25-20)22-23-18(24)12-27-33(23)14-19(28-22)17-11-26-30(3)13-17/h4-5,10-14H,6-9,15H2,1-3H3. The maximum atomic E-state index is 12.3. The van der Waals surface area contributed by atoms with Crippen molar-refractivity contribution in [1.29, 1.82) is 0 Å². The molecule has 34 heavy (non-hydrogen) atoms. The van der Waals surface area contributed by atoms with Gasteiger partial charge in [-0.25, -0.2) is 14.5 Å². The summed E-state index contributed by atoms with van der Waals surface area (Å²) in [5.74, 6) is 1.04. The van der Waals surface area contributed by atoms with Crippen LogP contribution in [0.4, 0.5) is 5.82 Å². The molecule has 0 N–H and O–H groups in total. The fraction of sp³-hybridized carbons (Fsp3) is 0.348. The van der Waals surface area contributed by atoms with Crippen molar-refractivity contribution < 1.29 is 4.79 Å². The molecule has 1 aliphatic rings. The molecule has 0 atom stereocenters. The summed E-state index contributed by atoms with van der Waals surface area (Å²) in [6, 6.07) is 4.00. The van der Waals surface area contributed by atoms with Crippen molar-refractivity contribution in [2.24, 2.45) is 7.05 Å². The number of halogens is 1. The van der Waals surface area contributed by atoms with E-state index in [1.807, 2.05) is 61.7 Å². The van der Waals surface area contributed by atoms with Crippen molar-refractivity contribution >= 4 is 28.8 Å². The Balaban J connectivity index is 1.39. The zero-order chi connectivity index (χ0) is 23.8. The number of aryl methyl sites for hydroxylation is 1. The first-order valence-electron chi connectivity index (χ1n) is 11.1. The second-order valence-electron chi connectivity index (χ2n) is 8.67. The lowest BCUT2D eigenvalue weighted by atomic mass is 10.1. The highest BCUT2D eigenvalue weighted by Gasteiger charge is 2.22. The first kappa shape index (κ1) is 22.3. The van der Waals surface area contributed by atoms with E-state index in [9.17, 15) is 4.79 Å². The Morgan fingerprint density at radius 2 is 1.82 bits per heavy atom. The van der Waals surface area contributed by atoms with Crippen molar-refractivity contribution in [1.82, 2.24) is 39.2 Å². The van der Waals surface area contributed by atoms with Crippen LogP contribution in [0, 0.1) is 0 Å². The average molecular weight is 480 g/mol. The van der Waals surface area contributed by atoms with Gasteiger partial charge in [-0.2, -0.15) is 10.2 Å². The minimum atomic E-state index is 0.161. The van der Waals surface area contributed by atoms with Gasteiger partial charge in [-0.15, -0.1) is 0 Å². The Kier molecular flexibility index (Phi) is 5.93. The van der Waals surface area contributed by atoms with Crippen LogP contribution in [0.5, 0.6) is 0 Å². The summed E-state index contributed by atoms with van der Waals surface area (Å²) in [7, 11) is 5.69. The third kappa shape index (κ3) is 4.34. The largest absolute Gasteiger partial charge is 0.353 e. The highest BCUT2D eigenvalue weighted by molar-refractivity contribution is 6.34. The molecule has 0 aromatic carbocycles. The maximum absolute atomic E-state index is 12.3. The van der Waals surface area contributed by atoms with Gasteiger partial charge in [0.2, 0.25) is 5.91 Å². The number of carbonyl (C=O) groups is 1. The highest BCUT2D eigenvalue weighted by atomic mass is 35.5. The number of fused-ring (bicyclic) bond motifs is 1. The first-order chi connectivity index (χ1) is 16.4. The zero-order valence-corrected chi connectivity index (χ0v) is 20.1. The van der Waals surface area contributed by atoms with Crippen LogP contribution in [0.2, 0.25) is 5.02 Å². The van der Waals surface area contributed by atoms with Crippen LogP contribution in [-0.4, -0.2) is 91.9 Å². The van der Waals surface area contributed by atoms with E-state index >= 15 is 0 Å². The van der Waals surface area contributed by atoms with Gasteiger partial charge in [0.15, 0.2) is 0 Å². The summed E-state index contributed by atoms with van der Waals surface area (Å²) in [5.41, 5.74) is 3.93. The van der Waals surface area contributed by atoms with E-state index in [0.29, 0.717) is 30.4 Å². The molecule has 0 aliphatic carbocycles. The number of rotatable bonds is 5. The van der Waals surface area contributed by atoms with Crippen LogP contribution < -0.4 is 4.90 Å². The van der Waals surface area contributed by atoms with Crippen molar-refractivity contribution in [2.75, 3.05) is 51.7 Å². The number of carbonyl (C=O) groups excluding carboxylic acids is 1. The van der Waals surface area contributed by atoms with Gasteiger partial charge in [0, 0.05) is 56.7 Å². The number of piperazine rings is 1. The number of aromatic nitrogens is 6. The minimum absolute atomic E-state index is 0.161. The number of hydrogen-bond donors (Lipinski definition) is 0. The third-order valence-electron chi connectivity index (χ3n) is 5.88. The van der Waals surface area contributed by atoms with Crippen molar-refractivity contribution in [2.45, 2.75) is 0 Å². The summed E-state index contributed by atoms with van der Waals surface area (Å²) in [6.07, 6.45) is 8.97. The molecule has 5 heterocycles. The van der Waals surface area contributed by atoms with E-state index in [1.165, 1.54) is 0 Å². The van der Waals surface area contributed by atoms with E-state index in [0.717, 1.165) is 41.2 Å². The predicted octanol–water partition coefficient (Wildman–Crippen LogP) is 2.06. The maximum Gasteiger partial charge on any atom is 0.236 e. The van der Waals surface area contributed by atoms with Crippen molar-refractivity contribution in [3.05, 3.63) is 48.1 Å². The lowest BCUT2D eigenvalue weighted by Gasteiger charge is -2.35. The topological polar surface area (TPSA) is 87.7 Å². The van der Waals surface area contributed by atoms with Gasteiger partial charge >= 0.3 is 0 Å². The van der Waals surface area contributed by atoms with E-state index in [2.05, 4.69) is 15.1 Å². The number of pyridine rings is 1. The summed E-state index contributed by atoms with van der Waals surface area (Å²) in [5, 5.41) is 9.16. The van der Waals surface area contributed by atoms with Gasteiger partial charge < -0.3 is 14.7 Å². The van der Waals surface area contributed by atoms with Crippen LogP contribution in [0.25, 0.3) is 28.0 Å². The molecule has 0 unspecified atom stereocenters. The summed E-state index contributed by atoms with van der Waals surface area (Å²) >= 11 is 6.45. The third-order valence-corrected chi connectivity index (χ3v) is 6.16. The van der Waals surface area contributed by atoms with E-state index in [4.69, 9.17) is 21.6 Å². The van der Waals surface area contributed by atoms with Crippen LogP contribution in [-0.2, 0) is 11.8 Å². The van der Waals surface area contributed by atoms with Crippen molar-refractivity contribution in [3.8, 4) is 22.5 Å². The molecule has 5 rings (SSSR count). The number of nitrogens with zero attached hydrogens (tertiary/aromatic N) is 9. The van der Waals surface area contributed by atoms with Crippen LogP contribution in [0.15, 0.2) is 43.1 Å². The van der Waals surface area contributed by atoms with E-state index in [-0.39, 0.29) is 5.91 Å². The predicted molar refractivity (Wildman–Crippen MR) is 131 cm³/mol. The van der Waals surface area contributed by atoms with E-state index < -0.39 is 0 Å². The monoisotopic (exact) mass is 479 g/mol. The number of amides is 1. The fourth-order valence-corrected chi connectivity index (χ4v) is 4.36. The van der Waals surface area contributed by atoms with E-state index in [1.54, 1.807) is 21.6 Å². The van der Waals surface area contributed by atoms with Crippen LogP contribution in [0.3, 0.4) is 0 Å². The van der Waals surface area contributed by atoms with Gasteiger partial charge in [-0.1, -0.05) is 11.6 Å². The lowest BCUT2D eigenvalue weighted by molar-refractivity contribution is -0.132. The molecule has 0 bridgehead atoms. The summed E-state index contributed by atoms with van der Waals surface area (Å²) in [6.45, 7) is 3.31. The van der Waals surface area contributed by atoms with Gasteiger partial charge in [0.05, 0.1) is 41.5 Å². The molecular weight excluding hydrogens is 454 g/mol. The van der Waals surface area contributed by atoms with Crippen molar-refractivity contribution in [3.63, 3.8) is 0 Å². The quantitative estimate of drug-likeness (QED) is 0.433. The van der Waals surface area contributed by atoms with Crippen LogP contribution in [0.1, 0.15) is 0 Å². The number of hydrogen-bond acceptors (Lipinski definition) is 7. The molecule has 0 saturated carbocycles. The SMILES string of the molecule is CN(C)CC(=O)N1CCN(c2ccc(-c3nc(-c4cnn(C)c4)cn4ncc(Cl)c34)cn2)CC1. The van der Waals surface area contributed by atoms with Gasteiger partial charge in [-0.05, 0) is 26.2 Å². The molecule has 176 valence electrons. The molecule has 11 heteroatoms. The highest BCUT2D eigenvalue weighted by Crippen LogP contribution is 2.31. The van der Waals surface area contributed by atoms with Gasteiger partial charge in [0.1, 0.15) is 11.3 Å². The Labute approximate surface area is 202 Å².